The minimum atomic E-state index is -4.54. The fraction of sp³-hybridized carbons (Fsp3) is 0.148. The Hall–Kier alpha value is -4.40. The Morgan fingerprint density at radius 1 is 1.03 bits per heavy atom. The molecular weight excluding hydrogens is 467 g/mol. The van der Waals surface area contributed by atoms with E-state index in [1.807, 2.05) is 54.8 Å². The van der Waals surface area contributed by atoms with Crippen LogP contribution in [0, 0.1) is 0 Å². The summed E-state index contributed by atoms with van der Waals surface area (Å²) in [6.07, 6.45) is -1.09. The maximum absolute atomic E-state index is 13.1. The Morgan fingerprint density at radius 3 is 2.50 bits per heavy atom. The number of nitrogen functional groups attached to an aromatic ring is 1. The Morgan fingerprint density at radius 2 is 1.78 bits per heavy atom. The summed E-state index contributed by atoms with van der Waals surface area (Å²) in [5.74, 6) is 0.672. The number of nitrogens with zero attached hydrogens (tertiary/aromatic N) is 3. The summed E-state index contributed by atoms with van der Waals surface area (Å²) < 4.78 is 41.3. The predicted octanol–water partition coefficient (Wildman–Crippen LogP) is 6.53. The summed E-state index contributed by atoms with van der Waals surface area (Å²) in [5, 5.41) is 4.28. The Balaban J connectivity index is 1.61. The van der Waals surface area contributed by atoms with Gasteiger partial charge in [-0.05, 0) is 29.7 Å². The zero-order valence-electron chi connectivity index (χ0n) is 19.5. The highest BCUT2D eigenvalue weighted by Gasteiger charge is 2.31. The van der Waals surface area contributed by atoms with Crippen molar-refractivity contribution in [1.82, 2.24) is 14.4 Å². The van der Waals surface area contributed by atoms with Gasteiger partial charge in [0.2, 0.25) is 0 Å². The lowest BCUT2D eigenvalue weighted by Gasteiger charge is -2.13. The van der Waals surface area contributed by atoms with Gasteiger partial charge in [0.15, 0.2) is 0 Å². The topological polar surface area (TPSA) is 85.3 Å². The first-order chi connectivity index (χ1) is 17.1. The number of carbonyl (C=O) groups excluding carboxylic acids is 1. The van der Waals surface area contributed by atoms with E-state index >= 15 is 0 Å². The van der Waals surface area contributed by atoms with Gasteiger partial charge in [-0.25, -0.2) is 9.97 Å². The maximum atomic E-state index is 13.1. The molecule has 1 amide bonds. The number of hydrogen-bond donors (Lipinski definition) is 2. The van der Waals surface area contributed by atoms with Gasteiger partial charge in [0, 0.05) is 40.5 Å². The summed E-state index contributed by atoms with van der Waals surface area (Å²) in [7, 11) is 0. The van der Waals surface area contributed by atoms with Crippen LogP contribution in [0.15, 0.2) is 73.1 Å². The molecule has 0 unspecified atom stereocenters. The number of imidazole rings is 1. The number of amides is 1. The first kappa shape index (κ1) is 23.3. The van der Waals surface area contributed by atoms with Gasteiger partial charge in [0.1, 0.15) is 22.9 Å². The summed E-state index contributed by atoms with van der Waals surface area (Å²) in [6.45, 7) is 4.08. The van der Waals surface area contributed by atoms with E-state index in [0.29, 0.717) is 28.1 Å². The number of aromatic nitrogens is 3. The van der Waals surface area contributed by atoms with E-state index < -0.39 is 17.6 Å². The van der Waals surface area contributed by atoms with Crippen LogP contribution in [0.25, 0.3) is 27.5 Å². The van der Waals surface area contributed by atoms with Gasteiger partial charge < -0.3 is 11.1 Å². The molecule has 0 radical (unpaired) electrons. The van der Waals surface area contributed by atoms with Gasteiger partial charge in [0.05, 0.1) is 5.56 Å². The van der Waals surface area contributed by atoms with Crippen molar-refractivity contribution in [2.75, 3.05) is 11.1 Å². The van der Waals surface area contributed by atoms with E-state index in [4.69, 9.17) is 10.7 Å². The van der Waals surface area contributed by atoms with Crippen LogP contribution < -0.4 is 11.1 Å². The van der Waals surface area contributed by atoms with Crippen LogP contribution in [0.4, 0.5) is 24.7 Å². The summed E-state index contributed by atoms with van der Waals surface area (Å²) in [6, 6.07) is 15.3. The first-order valence-electron chi connectivity index (χ1n) is 11.3. The van der Waals surface area contributed by atoms with Gasteiger partial charge in [-0.1, -0.05) is 50.2 Å². The smallest absolute Gasteiger partial charge is 0.382 e. The normalized spacial score (nSPS) is 11.9. The molecule has 6 nitrogen and oxygen atoms in total. The molecule has 3 N–H and O–H groups in total. The quantitative estimate of drug-likeness (QED) is 0.301. The molecule has 0 fully saturated rings. The van der Waals surface area contributed by atoms with Gasteiger partial charge in [-0.3, -0.25) is 9.20 Å². The third-order valence-corrected chi connectivity index (χ3v) is 6.01. The van der Waals surface area contributed by atoms with Crippen molar-refractivity contribution < 1.29 is 18.0 Å². The number of rotatable bonds is 4. The standard InChI is InChI=1S/C27H22F3N5O/c1-15(2)25-34-22(23-24(31)32-12-13-35(23)25)20-10-11-21(19-9-4-3-8-18(19)20)33-26(36)16-6-5-7-17(14-16)27(28,29)30/h3-15H,1-2H3,(H2,31,32)(H,33,36). The highest BCUT2D eigenvalue weighted by Crippen LogP contribution is 2.37. The summed E-state index contributed by atoms with van der Waals surface area (Å²) >= 11 is 0. The lowest BCUT2D eigenvalue weighted by Crippen LogP contribution is -2.14. The van der Waals surface area contributed by atoms with Crippen LogP contribution in [0.3, 0.4) is 0 Å². The number of benzene rings is 3. The Labute approximate surface area is 204 Å². The van der Waals surface area contributed by atoms with Gasteiger partial charge in [-0.15, -0.1) is 0 Å². The summed E-state index contributed by atoms with van der Waals surface area (Å²) in [4.78, 5) is 22.0. The fourth-order valence-electron chi connectivity index (χ4n) is 4.33. The SMILES string of the molecule is CC(C)c1nc(-c2ccc(NC(=O)c3cccc(C(F)(F)F)c3)c3ccccc23)c2c(N)nccn12. The highest BCUT2D eigenvalue weighted by atomic mass is 19.4. The van der Waals surface area contributed by atoms with Gasteiger partial charge in [-0.2, -0.15) is 13.2 Å². The minimum absolute atomic E-state index is 0.0847. The predicted molar refractivity (Wildman–Crippen MR) is 134 cm³/mol. The third kappa shape index (κ3) is 4.02. The van der Waals surface area contributed by atoms with Crippen LogP contribution in [0.5, 0.6) is 0 Å². The number of fused-ring (bicyclic) bond motifs is 2. The van der Waals surface area contributed by atoms with Crippen molar-refractivity contribution in [3.63, 3.8) is 0 Å². The van der Waals surface area contributed by atoms with Crippen molar-refractivity contribution in [2.45, 2.75) is 25.9 Å². The highest BCUT2D eigenvalue weighted by molar-refractivity contribution is 6.12. The van der Waals surface area contributed by atoms with Gasteiger partial charge >= 0.3 is 6.18 Å². The molecule has 9 heteroatoms. The van der Waals surface area contributed by atoms with E-state index in [1.165, 1.54) is 12.1 Å². The van der Waals surface area contributed by atoms with Crippen LogP contribution >= 0.6 is 0 Å². The molecule has 2 aromatic heterocycles. The molecule has 5 rings (SSSR count). The second-order valence-electron chi connectivity index (χ2n) is 8.74. The van der Waals surface area contributed by atoms with Crippen LogP contribution in [-0.4, -0.2) is 20.3 Å². The molecule has 0 saturated heterocycles. The number of carbonyl (C=O) groups is 1. The van der Waals surface area contributed by atoms with Crippen molar-refractivity contribution in [3.05, 3.63) is 90.0 Å². The lowest BCUT2D eigenvalue weighted by molar-refractivity contribution is -0.137. The van der Waals surface area contributed by atoms with Crippen molar-refractivity contribution in [1.29, 1.82) is 0 Å². The van der Waals surface area contributed by atoms with E-state index in [0.717, 1.165) is 28.9 Å². The van der Waals surface area contributed by atoms with E-state index in [9.17, 15) is 18.0 Å². The van der Waals surface area contributed by atoms with E-state index in [1.54, 1.807) is 12.3 Å². The minimum Gasteiger partial charge on any atom is -0.382 e. The molecule has 0 aliphatic carbocycles. The molecular formula is C27H22F3N5O. The molecule has 2 heterocycles. The average Bonchev–Trinajstić information content (AvgIpc) is 3.25. The molecule has 0 saturated carbocycles. The molecule has 36 heavy (non-hydrogen) atoms. The molecule has 0 aliphatic rings. The largest absolute Gasteiger partial charge is 0.416 e. The molecule has 3 aromatic carbocycles. The Kier molecular flexibility index (Phi) is 5.62. The van der Waals surface area contributed by atoms with Crippen molar-refractivity contribution >= 4 is 33.7 Å². The van der Waals surface area contributed by atoms with Gasteiger partial charge in [0.25, 0.3) is 5.91 Å². The average molecular weight is 490 g/mol. The fourth-order valence-corrected chi connectivity index (χ4v) is 4.33. The molecule has 0 atom stereocenters. The molecule has 5 aromatic rings. The number of nitrogens with two attached hydrogens (primary N) is 1. The second-order valence-corrected chi connectivity index (χ2v) is 8.74. The summed E-state index contributed by atoms with van der Waals surface area (Å²) in [5.41, 5.74) is 7.90. The van der Waals surface area contributed by atoms with E-state index in [-0.39, 0.29) is 11.5 Å². The molecule has 182 valence electrons. The zero-order chi connectivity index (χ0) is 25.6. The maximum Gasteiger partial charge on any atom is 0.416 e. The molecule has 0 bridgehead atoms. The molecule has 0 aliphatic heterocycles. The monoisotopic (exact) mass is 489 g/mol. The Bertz CT molecular complexity index is 1620. The van der Waals surface area contributed by atoms with Crippen molar-refractivity contribution in [2.24, 2.45) is 0 Å². The van der Waals surface area contributed by atoms with Crippen LogP contribution in [0.1, 0.15) is 41.5 Å². The number of nitrogens with one attached hydrogen (secondary N) is 1. The first-order valence-corrected chi connectivity index (χ1v) is 11.3. The van der Waals surface area contributed by atoms with Crippen molar-refractivity contribution in [3.8, 4) is 11.3 Å². The zero-order valence-corrected chi connectivity index (χ0v) is 19.5. The molecule has 0 spiro atoms. The number of anilines is 2. The third-order valence-electron chi connectivity index (χ3n) is 6.01. The van der Waals surface area contributed by atoms with E-state index in [2.05, 4.69) is 10.3 Å². The number of alkyl halides is 3. The number of hydrogen-bond acceptors (Lipinski definition) is 4. The van der Waals surface area contributed by atoms with Crippen LogP contribution in [0.2, 0.25) is 0 Å². The lowest BCUT2D eigenvalue weighted by atomic mass is 9.99. The van der Waals surface area contributed by atoms with Crippen LogP contribution in [-0.2, 0) is 6.18 Å². The number of halogens is 3. The second kappa shape index (κ2) is 8.67.